The van der Waals surface area contributed by atoms with Crippen molar-refractivity contribution in [2.75, 3.05) is 13.2 Å². The summed E-state index contributed by atoms with van der Waals surface area (Å²) in [5.41, 5.74) is 1.24. The van der Waals surface area contributed by atoms with E-state index in [1.807, 2.05) is 6.07 Å². The Morgan fingerprint density at radius 1 is 1.14 bits per heavy atom. The third kappa shape index (κ3) is 6.06. The number of hydrogen-bond acceptors (Lipinski definition) is 3. The maximum absolute atomic E-state index is 5.97. The molecule has 0 saturated carbocycles. The van der Waals surface area contributed by atoms with Gasteiger partial charge in [-0.15, -0.1) is 0 Å². The summed E-state index contributed by atoms with van der Waals surface area (Å²) in [4.78, 5) is 0. The van der Waals surface area contributed by atoms with Gasteiger partial charge in [-0.1, -0.05) is 32.4 Å². The van der Waals surface area contributed by atoms with Gasteiger partial charge >= 0.3 is 0 Å². The summed E-state index contributed by atoms with van der Waals surface area (Å²) in [5, 5.41) is 3.57. The van der Waals surface area contributed by atoms with Gasteiger partial charge in [0.2, 0.25) is 0 Å². The second-order valence-corrected chi connectivity index (χ2v) is 5.56. The van der Waals surface area contributed by atoms with Crippen molar-refractivity contribution in [3.8, 4) is 5.75 Å². The molecule has 1 aromatic carbocycles. The fourth-order valence-electron chi connectivity index (χ4n) is 2.58. The molecule has 1 aromatic rings. The van der Waals surface area contributed by atoms with Crippen LogP contribution >= 0.6 is 0 Å². The van der Waals surface area contributed by atoms with Crippen molar-refractivity contribution in [3.05, 3.63) is 29.8 Å². The molecular weight excluding hydrogens is 262 g/mol. The smallest absolute Gasteiger partial charge is 0.120 e. The van der Waals surface area contributed by atoms with E-state index in [0.29, 0.717) is 0 Å². The highest BCUT2D eigenvalue weighted by atomic mass is 16.5. The highest BCUT2D eigenvalue weighted by molar-refractivity contribution is 5.31. The summed E-state index contributed by atoms with van der Waals surface area (Å²) < 4.78 is 11.8. The molecule has 120 valence electrons. The van der Waals surface area contributed by atoms with E-state index in [-0.39, 0.29) is 18.2 Å². The topological polar surface area (TPSA) is 30.5 Å². The van der Waals surface area contributed by atoms with Gasteiger partial charge in [-0.25, -0.2) is 0 Å². The molecule has 0 amide bonds. The molecule has 2 atom stereocenters. The molecule has 1 rings (SSSR count). The lowest BCUT2D eigenvalue weighted by molar-refractivity contribution is 0.0279. The Balaban J connectivity index is 2.96. The fraction of sp³-hybridized carbons (Fsp3) is 0.667. The van der Waals surface area contributed by atoms with E-state index in [0.717, 1.165) is 31.7 Å². The van der Waals surface area contributed by atoms with Crippen molar-refractivity contribution in [3.63, 3.8) is 0 Å². The fourth-order valence-corrected chi connectivity index (χ4v) is 2.58. The Kier molecular flexibility index (Phi) is 8.40. The number of likely N-dealkylation sites (N-methyl/N-ethyl adjacent to an activating group) is 1. The molecule has 0 radical (unpaired) electrons. The van der Waals surface area contributed by atoms with Crippen LogP contribution in [0.15, 0.2) is 24.3 Å². The third-order valence-electron chi connectivity index (χ3n) is 3.34. The average Bonchev–Trinajstić information content (AvgIpc) is 2.44. The molecule has 3 nitrogen and oxygen atoms in total. The van der Waals surface area contributed by atoms with E-state index in [1.54, 1.807) is 0 Å². The van der Waals surface area contributed by atoms with E-state index in [2.05, 4.69) is 58.1 Å². The van der Waals surface area contributed by atoms with E-state index in [1.165, 1.54) is 5.56 Å². The molecule has 21 heavy (non-hydrogen) atoms. The molecule has 0 aliphatic rings. The van der Waals surface area contributed by atoms with Crippen LogP contribution < -0.4 is 10.1 Å². The van der Waals surface area contributed by atoms with Gasteiger partial charge in [0.05, 0.1) is 18.2 Å². The lowest BCUT2D eigenvalue weighted by atomic mass is 9.97. The molecule has 0 spiro atoms. The van der Waals surface area contributed by atoms with Crippen molar-refractivity contribution < 1.29 is 9.47 Å². The molecule has 0 aliphatic carbocycles. The summed E-state index contributed by atoms with van der Waals surface area (Å²) in [7, 11) is 0. The number of rotatable bonds is 10. The average molecular weight is 293 g/mol. The van der Waals surface area contributed by atoms with Crippen LogP contribution in [0.2, 0.25) is 0 Å². The Bertz CT molecular complexity index is 387. The van der Waals surface area contributed by atoms with Gasteiger partial charge in [-0.3, -0.25) is 0 Å². The van der Waals surface area contributed by atoms with Crippen LogP contribution in [0.3, 0.4) is 0 Å². The molecular formula is C18H31NO2. The minimum Gasteiger partial charge on any atom is -0.491 e. The van der Waals surface area contributed by atoms with E-state index < -0.39 is 0 Å². The molecule has 0 bridgehead atoms. The Morgan fingerprint density at radius 3 is 2.48 bits per heavy atom. The summed E-state index contributed by atoms with van der Waals surface area (Å²) in [6.45, 7) is 12.2. The highest BCUT2D eigenvalue weighted by Crippen LogP contribution is 2.26. The number of hydrogen-bond donors (Lipinski definition) is 1. The molecule has 3 heteroatoms. The first-order valence-electron chi connectivity index (χ1n) is 8.23. The van der Waals surface area contributed by atoms with Crippen LogP contribution in [-0.4, -0.2) is 25.4 Å². The Hall–Kier alpha value is -1.06. The maximum Gasteiger partial charge on any atom is 0.120 e. The molecule has 0 fully saturated rings. The molecule has 0 aromatic heterocycles. The predicted octanol–water partition coefficient (Wildman–Crippen LogP) is 4.33. The number of nitrogens with one attached hydrogen (secondary N) is 1. The monoisotopic (exact) mass is 293 g/mol. The zero-order chi connectivity index (χ0) is 15.7. The summed E-state index contributed by atoms with van der Waals surface area (Å²) in [6.07, 6.45) is 2.57. The standard InChI is InChI=1S/C18H31NO2/c1-6-10-17(20-8-3)18(19-7-2)15-11-9-12-16(13-15)21-14(4)5/h9,11-14,17-19H,6-8,10H2,1-5H3. The highest BCUT2D eigenvalue weighted by Gasteiger charge is 2.22. The summed E-state index contributed by atoms with van der Waals surface area (Å²) in [6, 6.07) is 8.58. The molecule has 0 aliphatic heterocycles. The van der Waals surface area contributed by atoms with Crippen molar-refractivity contribution in [1.82, 2.24) is 5.32 Å². The van der Waals surface area contributed by atoms with Crippen LogP contribution in [0, 0.1) is 0 Å². The first kappa shape index (κ1) is 18.0. The Morgan fingerprint density at radius 2 is 1.90 bits per heavy atom. The van der Waals surface area contributed by atoms with Gasteiger partial charge < -0.3 is 14.8 Å². The minimum atomic E-state index is 0.191. The lowest BCUT2D eigenvalue weighted by Gasteiger charge is -2.28. The lowest BCUT2D eigenvalue weighted by Crippen LogP contribution is -2.34. The first-order chi connectivity index (χ1) is 10.1. The molecule has 1 N–H and O–H groups in total. The zero-order valence-electron chi connectivity index (χ0n) is 14.2. The first-order valence-corrected chi connectivity index (χ1v) is 8.23. The summed E-state index contributed by atoms with van der Waals surface area (Å²) in [5.74, 6) is 0.928. The minimum absolute atomic E-state index is 0.191. The van der Waals surface area contributed by atoms with Crippen molar-refractivity contribution in [2.45, 2.75) is 65.7 Å². The van der Waals surface area contributed by atoms with Crippen LogP contribution in [0.4, 0.5) is 0 Å². The van der Waals surface area contributed by atoms with Crippen LogP contribution in [-0.2, 0) is 4.74 Å². The third-order valence-corrected chi connectivity index (χ3v) is 3.34. The van der Waals surface area contributed by atoms with Crippen LogP contribution in [0.5, 0.6) is 5.75 Å². The van der Waals surface area contributed by atoms with Gasteiger partial charge in [0.1, 0.15) is 5.75 Å². The van der Waals surface area contributed by atoms with Gasteiger partial charge in [-0.2, -0.15) is 0 Å². The largest absolute Gasteiger partial charge is 0.491 e. The van der Waals surface area contributed by atoms with E-state index in [9.17, 15) is 0 Å². The zero-order valence-corrected chi connectivity index (χ0v) is 14.2. The second-order valence-electron chi connectivity index (χ2n) is 5.56. The Labute approximate surface area is 130 Å². The van der Waals surface area contributed by atoms with E-state index in [4.69, 9.17) is 9.47 Å². The summed E-state index contributed by atoms with van der Waals surface area (Å²) >= 11 is 0. The maximum atomic E-state index is 5.97. The second kappa shape index (κ2) is 9.80. The van der Waals surface area contributed by atoms with E-state index >= 15 is 0 Å². The van der Waals surface area contributed by atoms with Crippen molar-refractivity contribution in [2.24, 2.45) is 0 Å². The number of benzene rings is 1. The van der Waals surface area contributed by atoms with Gasteiger partial charge in [0.15, 0.2) is 0 Å². The van der Waals surface area contributed by atoms with Crippen LogP contribution in [0.1, 0.15) is 59.1 Å². The van der Waals surface area contributed by atoms with Crippen LogP contribution in [0.25, 0.3) is 0 Å². The number of ether oxygens (including phenoxy) is 2. The predicted molar refractivity (Wildman–Crippen MR) is 88.9 cm³/mol. The molecule has 0 saturated heterocycles. The SMILES string of the molecule is CCCC(OCC)C(NCC)c1cccc(OC(C)C)c1. The van der Waals surface area contributed by atoms with Gasteiger partial charge in [-0.05, 0) is 51.4 Å². The molecule has 2 unspecified atom stereocenters. The molecule has 0 heterocycles. The van der Waals surface area contributed by atoms with Crippen molar-refractivity contribution >= 4 is 0 Å². The quantitative estimate of drug-likeness (QED) is 0.696. The van der Waals surface area contributed by atoms with Gasteiger partial charge in [0.25, 0.3) is 0 Å². The van der Waals surface area contributed by atoms with Crippen molar-refractivity contribution in [1.29, 1.82) is 0 Å². The normalized spacial score (nSPS) is 14.2. The van der Waals surface area contributed by atoms with Gasteiger partial charge in [0, 0.05) is 6.61 Å².